The first kappa shape index (κ1) is 67.4. The van der Waals surface area contributed by atoms with Crippen LogP contribution < -0.4 is 5.32 Å². The second-order valence-corrected chi connectivity index (χ2v) is 21.4. The molecule has 71 heavy (non-hydrogen) atoms. The smallest absolute Gasteiger partial charge is 0.305 e. The predicted octanol–water partition coefficient (Wildman–Crippen LogP) is 14.0. The van der Waals surface area contributed by atoms with Crippen LogP contribution in [0.15, 0.2) is 12.2 Å². The summed E-state index contributed by atoms with van der Waals surface area (Å²) in [7, 11) is 0. The molecule has 0 saturated carbocycles. The van der Waals surface area contributed by atoms with Crippen molar-refractivity contribution in [3.05, 3.63) is 12.2 Å². The number of allylic oxidation sites excluding steroid dienone is 1. The van der Waals surface area contributed by atoms with E-state index in [2.05, 4.69) is 19.2 Å². The number of nitrogens with one attached hydrogen (secondary N) is 1. The van der Waals surface area contributed by atoms with Crippen LogP contribution in [0.2, 0.25) is 0 Å². The maximum atomic E-state index is 13.0. The fourth-order valence-electron chi connectivity index (χ4n) is 9.79. The average Bonchev–Trinajstić information content (AvgIpc) is 3.37. The molecule has 1 aliphatic heterocycles. The van der Waals surface area contributed by atoms with Crippen molar-refractivity contribution >= 4 is 11.9 Å². The molecule has 0 bridgehead atoms. The SMILES string of the molecule is CCCCCCCCCCCCCC/C=C/C(O)C(COC1OC(CO)C(O)C(O)C1O)NC(=O)CCCCCCCCCCCCCCCCCCCCOC(=O)CCCCCCCCCCCCC. The number of esters is 1. The summed E-state index contributed by atoms with van der Waals surface area (Å²) in [4.78, 5) is 25.1. The molecule has 0 aromatic carbocycles. The molecule has 420 valence electrons. The highest BCUT2D eigenvalue weighted by Gasteiger charge is 2.44. The van der Waals surface area contributed by atoms with Crippen LogP contribution in [-0.2, 0) is 23.8 Å². The summed E-state index contributed by atoms with van der Waals surface area (Å²) < 4.78 is 16.7. The van der Waals surface area contributed by atoms with Gasteiger partial charge in [0.1, 0.15) is 24.4 Å². The van der Waals surface area contributed by atoms with Gasteiger partial charge in [-0.2, -0.15) is 0 Å². The van der Waals surface area contributed by atoms with Gasteiger partial charge in [-0.3, -0.25) is 9.59 Å². The summed E-state index contributed by atoms with van der Waals surface area (Å²) in [6.45, 7) is 4.35. The Bertz CT molecular complexity index is 1190. The summed E-state index contributed by atoms with van der Waals surface area (Å²) in [6.07, 6.45) is 48.6. The lowest BCUT2D eigenvalue weighted by atomic mass is 9.99. The van der Waals surface area contributed by atoms with Crippen molar-refractivity contribution in [3.8, 4) is 0 Å². The fourth-order valence-corrected chi connectivity index (χ4v) is 9.79. The van der Waals surface area contributed by atoms with Gasteiger partial charge in [0.15, 0.2) is 6.29 Å². The molecule has 0 radical (unpaired) electrons. The number of carbonyl (C=O) groups excluding carboxylic acids is 2. The highest BCUT2D eigenvalue weighted by Crippen LogP contribution is 2.23. The van der Waals surface area contributed by atoms with Gasteiger partial charge in [-0.25, -0.2) is 0 Å². The molecule has 7 unspecified atom stereocenters. The van der Waals surface area contributed by atoms with Crippen LogP contribution in [0.5, 0.6) is 0 Å². The molecule has 7 atom stereocenters. The molecule has 1 saturated heterocycles. The number of aliphatic hydroxyl groups excluding tert-OH is 5. The van der Waals surface area contributed by atoms with E-state index >= 15 is 0 Å². The number of rotatable bonds is 53. The van der Waals surface area contributed by atoms with Gasteiger partial charge in [-0.05, 0) is 32.1 Å². The topological polar surface area (TPSA) is 175 Å². The van der Waals surface area contributed by atoms with Gasteiger partial charge in [0.2, 0.25) is 5.91 Å². The molecule has 1 aliphatic rings. The van der Waals surface area contributed by atoms with Gasteiger partial charge in [0.25, 0.3) is 0 Å². The van der Waals surface area contributed by atoms with E-state index in [9.17, 15) is 35.1 Å². The first-order chi connectivity index (χ1) is 34.7. The maximum absolute atomic E-state index is 13.0. The third kappa shape index (κ3) is 40.4. The Hall–Kier alpha value is -1.60. The van der Waals surface area contributed by atoms with Gasteiger partial charge >= 0.3 is 5.97 Å². The highest BCUT2D eigenvalue weighted by molar-refractivity contribution is 5.76. The Balaban J connectivity index is 2.10. The van der Waals surface area contributed by atoms with Gasteiger partial charge in [-0.1, -0.05) is 264 Å². The van der Waals surface area contributed by atoms with E-state index < -0.39 is 49.5 Å². The Kier molecular flexibility index (Phi) is 48.0. The lowest BCUT2D eigenvalue weighted by molar-refractivity contribution is -0.302. The van der Waals surface area contributed by atoms with Crippen LogP contribution in [-0.4, -0.2) is 100 Å². The van der Waals surface area contributed by atoms with E-state index in [0.29, 0.717) is 19.4 Å². The highest BCUT2D eigenvalue weighted by atomic mass is 16.7. The van der Waals surface area contributed by atoms with Gasteiger partial charge in [-0.15, -0.1) is 0 Å². The van der Waals surface area contributed by atoms with Crippen LogP contribution in [0.1, 0.15) is 296 Å². The van der Waals surface area contributed by atoms with E-state index in [4.69, 9.17) is 14.2 Å². The van der Waals surface area contributed by atoms with Crippen molar-refractivity contribution in [2.75, 3.05) is 19.8 Å². The molecule has 0 spiro atoms. The third-order valence-electron chi connectivity index (χ3n) is 14.7. The van der Waals surface area contributed by atoms with Gasteiger partial charge in [0.05, 0.1) is 32.0 Å². The monoisotopic (exact) mass is 1010 g/mol. The molecule has 1 heterocycles. The molecule has 11 nitrogen and oxygen atoms in total. The minimum absolute atomic E-state index is 0.00815. The quantitative estimate of drug-likeness (QED) is 0.0195. The number of unbranched alkanes of at least 4 members (excludes halogenated alkanes) is 39. The molecule has 1 rings (SSSR count). The van der Waals surface area contributed by atoms with Crippen LogP contribution in [0, 0.1) is 0 Å². The second-order valence-electron chi connectivity index (χ2n) is 21.4. The Morgan fingerprint density at radius 3 is 1.31 bits per heavy atom. The fraction of sp³-hybridized carbons (Fsp3) is 0.933. The molecule has 0 aliphatic carbocycles. The second kappa shape index (κ2) is 50.6. The zero-order chi connectivity index (χ0) is 51.7. The van der Waals surface area contributed by atoms with Crippen molar-refractivity contribution < 1.29 is 49.3 Å². The molecule has 1 fully saturated rings. The Morgan fingerprint density at radius 2 is 0.887 bits per heavy atom. The predicted molar refractivity (Wildman–Crippen MR) is 292 cm³/mol. The summed E-state index contributed by atoms with van der Waals surface area (Å²) in [5, 5.41) is 54.4. The molecular formula is C60H115NO10. The molecule has 1 amide bonds. The Morgan fingerprint density at radius 1 is 0.507 bits per heavy atom. The summed E-state index contributed by atoms with van der Waals surface area (Å²) >= 11 is 0. The molecule has 11 heteroatoms. The maximum Gasteiger partial charge on any atom is 0.305 e. The van der Waals surface area contributed by atoms with E-state index in [1.807, 2.05) is 6.08 Å². The van der Waals surface area contributed by atoms with E-state index in [0.717, 1.165) is 64.2 Å². The summed E-state index contributed by atoms with van der Waals surface area (Å²) in [5.41, 5.74) is 0. The zero-order valence-electron chi connectivity index (χ0n) is 46.2. The summed E-state index contributed by atoms with van der Waals surface area (Å²) in [5.74, 6) is -0.192. The van der Waals surface area contributed by atoms with Crippen molar-refractivity contribution in [1.29, 1.82) is 0 Å². The molecular weight excluding hydrogens is 895 g/mol. The lowest BCUT2D eigenvalue weighted by Gasteiger charge is -2.40. The Labute approximate surface area is 436 Å². The van der Waals surface area contributed by atoms with Gasteiger partial charge in [0, 0.05) is 12.8 Å². The third-order valence-corrected chi connectivity index (χ3v) is 14.7. The van der Waals surface area contributed by atoms with Crippen molar-refractivity contribution in [3.63, 3.8) is 0 Å². The minimum atomic E-state index is -1.57. The molecule has 0 aromatic heterocycles. The van der Waals surface area contributed by atoms with Crippen LogP contribution in [0.4, 0.5) is 0 Å². The largest absolute Gasteiger partial charge is 0.466 e. The number of carbonyl (C=O) groups is 2. The number of ether oxygens (including phenoxy) is 3. The first-order valence-electron chi connectivity index (χ1n) is 30.5. The van der Waals surface area contributed by atoms with Crippen LogP contribution in [0.3, 0.4) is 0 Å². The van der Waals surface area contributed by atoms with Crippen molar-refractivity contribution in [2.45, 2.75) is 339 Å². The number of hydrogen-bond acceptors (Lipinski definition) is 10. The van der Waals surface area contributed by atoms with Gasteiger partial charge < -0.3 is 45.1 Å². The van der Waals surface area contributed by atoms with E-state index in [-0.39, 0.29) is 18.5 Å². The molecule has 6 N–H and O–H groups in total. The van der Waals surface area contributed by atoms with Crippen LogP contribution in [0.25, 0.3) is 0 Å². The number of aliphatic hydroxyl groups is 5. The van der Waals surface area contributed by atoms with Crippen molar-refractivity contribution in [2.24, 2.45) is 0 Å². The summed E-state index contributed by atoms with van der Waals surface area (Å²) in [6, 6.07) is -0.812. The van der Waals surface area contributed by atoms with E-state index in [1.165, 1.54) is 205 Å². The molecule has 0 aromatic rings. The normalized spacial score (nSPS) is 19.1. The standard InChI is InChI=1S/C60H115NO10/c1-3-5-7-9-11-13-15-16-23-27-30-34-38-42-46-53(63)52(51-70-60-59(68)58(67)57(66)54(50-62)71-60)61-55(64)47-43-39-35-31-28-24-21-19-17-18-20-22-25-29-33-37-41-45-49-69-56(65)48-44-40-36-32-26-14-12-10-8-6-4-2/h42,46,52-54,57-60,62-63,66-68H,3-41,43-45,47-51H2,1-2H3,(H,61,64)/b46-42+. The number of hydrogen-bond donors (Lipinski definition) is 6. The zero-order valence-corrected chi connectivity index (χ0v) is 46.2. The number of amides is 1. The van der Waals surface area contributed by atoms with E-state index in [1.54, 1.807) is 6.08 Å². The minimum Gasteiger partial charge on any atom is -0.466 e. The van der Waals surface area contributed by atoms with Crippen LogP contribution >= 0.6 is 0 Å². The van der Waals surface area contributed by atoms with Crippen molar-refractivity contribution in [1.82, 2.24) is 5.32 Å². The first-order valence-corrected chi connectivity index (χ1v) is 30.5. The average molecular weight is 1010 g/mol. The lowest BCUT2D eigenvalue weighted by Crippen LogP contribution is -2.60.